The van der Waals surface area contributed by atoms with Gasteiger partial charge in [-0.1, -0.05) is 48.5 Å². The van der Waals surface area contributed by atoms with Crippen LogP contribution in [0, 0.1) is 5.82 Å². The number of hydrogen-bond donors (Lipinski definition) is 1. The average molecular weight is 487 g/mol. The zero-order chi connectivity index (χ0) is 23.3. The molecule has 3 aromatic carbocycles. The van der Waals surface area contributed by atoms with Crippen molar-refractivity contribution in [2.45, 2.75) is 15.0 Å². The topological polar surface area (TPSA) is 75.7 Å². The molecule has 6 nitrogen and oxygen atoms in total. The highest BCUT2D eigenvalue weighted by Gasteiger charge is 2.30. The van der Waals surface area contributed by atoms with E-state index in [1.807, 2.05) is 60.7 Å². The highest BCUT2D eigenvalue weighted by Crippen LogP contribution is 2.36. The largest absolute Gasteiger partial charge is 0.379 e. The van der Waals surface area contributed by atoms with E-state index in [1.54, 1.807) is 0 Å². The SMILES string of the molecule is O=C(Nc1ccc(F)c(S(=O)(=O)N2CCOCC2)c1)[C@H](Sc1ccccc1)c1ccccc1. The van der Waals surface area contributed by atoms with Crippen LogP contribution < -0.4 is 5.32 Å². The fourth-order valence-corrected chi connectivity index (χ4v) is 5.99. The maximum atomic E-state index is 14.5. The molecule has 1 atom stereocenters. The van der Waals surface area contributed by atoms with Crippen molar-refractivity contribution in [2.75, 3.05) is 31.6 Å². The Morgan fingerprint density at radius 3 is 2.27 bits per heavy atom. The van der Waals surface area contributed by atoms with Gasteiger partial charge in [-0.25, -0.2) is 12.8 Å². The van der Waals surface area contributed by atoms with E-state index in [9.17, 15) is 17.6 Å². The van der Waals surface area contributed by atoms with Gasteiger partial charge < -0.3 is 10.1 Å². The van der Waals surface area contributed by atoms with E-state index >= 15 is 0 Å². The summed E-state index contributed by atoms with van der Waals surface area (Å²) in [6, 6.07) is 22.4. The molecule has 33 heavy (non-hydrogen) atoms. The Balaban J connectivity index is 1.60. The van der Waals surface area contributed by atoms with E-state index in [1.165, 1.54) is 28.2 Å². The van der Waals surface area contributed by atoms with Crippen molar-refractivity contribution < 1.29 is 22.3 Å². The van der Waals surface area contributed by atoms with Crippen molar-refractivity contribution in [3.8, 4) is 0 Å². The summed E-state index contributed by atoms with van der Waals surface area (Å²) < 4.78 is 46.8. The van der Waals surface area contributed by atoms with Gasteiger partial charge in [0.15, 0.2) is 0 Å². The van der Waals surface area contributed by atoms with E-state index in [-0.39, 0.29) is 37.9 Å². The van der Waals surface area contributed by atoms with Gasteiger partial charge in [0, 0.05) is 23.7 Å². The quantitative estimate of drug-likeness (QED) is 0.504. The molecular formula is C24H23FN2O4S2. The lowest BCUT2D eigenvalue weighted by molar-refractivity contribution is -0.115. The van der Waals surface area contributed by atoms with E-state index in [0.29, 0.717) is 0 Å². The lowest BCUT2D eigenvalue weighted by atomic mass is 10.1. The Morgan fingerprint density at radius 1 is 0.970 bits per heavy atom. The van der Waals surface area contributed by atoms with Crippen molar-refractivity contribution in [2.24, 2.45) is 0 Å². The minimum Gasteiger partial charge on any atom is -0.379 e. The molecule has 4 rings (SSSR count). The van der Waals surface area contributed by atoms with Crippen LogP contribution >= 0.6 is 11.8 Å². The number of ether oxygens (including phenoxy) is 1. The maximum absolute atomic E-state index is 14.5. The molecule has 0 spiro atoms. The van der Waals surface area contributed by atoms with Crippen molar-refractivity contribution in [1.82, 2.24) is 4.31 Å². The smallest absolute Gasteiger partial charge is 0.246 e. The van der Waals surface area contributed by atoms with Crippen LogP contribution in [0.4, 0.5) is 10.1 Å². The molecule has 0 bridgehead atoms. The van der Waals surface area contributed by atoms with Crippen LogP contribution in [0.1, 0.15) is 10.8 Å². The van der Waals surface area contributed by atoms with Crippen LogP contribution in [0.3, 0.4) is 0 Å². The molecule has 1 amide bonds. The van der Waals surface area contributed by atoms with E-state index in [2.05, 4.69) is 5.32 Å². The first kappa shape index (κ1) is 23.4. The number of anilines is 1. The summed E-state index contributed by atoms with van der Waals surface area (Å²) in [5.41, 5.74) is 1.01. The molecule has 0 aliphatic carbocycles. The Bertz CT molecular complexity index is 1200. The van der Waals surface area contributed by atoms with Crippen LogP contribution in [-0.2, 0) is 19.6 Å². The molecule has 172 valence electrons. The lowest BCUT2D eigenvalue weighted by Gasteiger charge is -2.26. The average Bonchev–Trinajstić information content (AvgIpc) is 2.85. The third-order valence-corrected chi connectivity index (χ3v) is 8.30. The third-order valence-electron chi connectivity index (χ3n) is 5.12. The highest BCUT2D eigenvalue weighted by molar-refractivity contribution is 8.00. The fraction of sp³-hybridized carbons (Fsp3) is 0.208. The summed E-state index contributed by atoms with van der Waals surface area (Å²) in [5.74, 6) is -1.20. The first-order chi connectivity index (χ1) is 15.9. The molecule has 1 fully saturated rings. The van der Waals surface area contributed by atoms with E-state index < -0.39 is 26.0 Å². The fourth-order valence-electron chi connectivity index (χ4n) is 3.45. The Morgan fingerprint density at radius 2 is 1.61 bits per heavy atom. The molecule has 0 radical (unpaired) electrons. The third kappa shape index (κ3) is 5.62. The number of rotatable bonds is 7. The van der Waals surface area contributed by atoms with E-state index in [0.717, 1.165) is 16.5 Å². The zero-order valence-electron chi connectivity index (χ0n) is 17.7. The van der Waals surface area contributed by atoms with Crippen LogP contribution in [-0.4, -0.2) is 44.9 Å². The molecule has 3 aromatic rings. The van der Waals surface area contributed by atoms with Gasteiger partial charge in [0.2, 0.25) is 15.9 Å². The van der Waals surface area contributed by atoms with Crippen LogP contribution in [0.15, 0.2) is 88.7 Å². The first-order valence-corrected chi connectivity index (χ1v) is 12.7. The monoisotopic (exact) mass is 486 g/mol. The number of sulfonamides is 1. The Kier molecular flexibility index (Phi) is 7.44. The van der Waals surface area contributed by atoms with E-state index in [4.69, 9.17) is 4.74 Å². The number of hydrogen-bond acceptors (Lipinski definition) is 5. The second-order valence-electron chi connectivity index (χ2n) is 7.37. The first-order valence-electron chi connectivity index (χ1n) is 10.4. The number of amides is 1. The normalized spacial score (nSPS) is 15.7. The minimum atomic E-state index is -4.05. The van der Waals surface area contributed by atoms with Gasteiger partial charge in [-0.2, -0.15) is 4.31 Å². The number of nitrogens with zero attached hydrogens (tertiary/aromatic N) is 1. The number of carbonyl (C=O) groups is 1. The standard InChI is InChI=1S/C24H23FN2O4S2/c25-21-12-11-19(17-22(21)33(29,30)27-13-15-31-16-14-27)26-24(28)23(18-7-3-1-4-8-18)32-20-9-5-2-6-10-20/h1-12,17,23H,13-16H2,(H,26,28)/t23-/m1/s1. The predicted molar refractivity (Wildman–Crippen MR) is 126 cm³/mol. The molecule has 1 N–H and O–H groups in total. The van der Waals surface area contributed by atoms with Crippen molar-refractivity contribution in [3.63, 3.8) is 0 Å². The molecular weight excluding hydrogens is 463 g/mol. The summed E-state index contributed by atoms with van der Waals surface area (Å²) in [7, 11) is -4.05. The van der Waals surface area contributed by atoms with Crippen molar-refractivity contribution in [1.29, 1.82) is 0 Å². The van der Waals surface area contributed by atoms with Crippen molar-refractivity contribution in [3.05, 3.63) is 90.2 Å². The summed E-state index contributed by atoms with van der Waals surface area (Å²) in [4.78, 5) is 13.7. The van der Waals surface area contributed by atoms with Crippen LogP contribution in [0.5, 0.6) is 0 Å². The molecule has 1 saturated heterocycles. The van der Waals surface area contributed by atoms with Gasteiger partial charge >= 0.3 is 0 Å². The van der Waals surface area contributed by atoms with Gasteiger partial charge in [-0.05, 0) is 35.9 Å². The molecule has 0 unspecified atom stereocenters. The molecule has 1 aliphatic rings. The number of benzene rings is 3. The van der Waals surface area contributed by atoms with Gasteiger partial charge in [0.1, 0.15) is 16.0 Å². The Labute approximate surface area is 196 Å². The number of carbonyl (C=O) groups excluding carboxylic acids is 1. The summed E-state index contributed by atoms with van der Waals surface area (Å²) >= 11 is 1.38. The number of thioether (sulfide) groups is 1. The molecule has 9 heteroatoms. The van der Waals surface area contributed by atoms with Gasteiger partial charge in [-0.3, -0.25) is 4.79 Å². The maximum Gasteiger partial charge on any atom is 0.246 e. The second kappa shape index (κ2) is 10.5. The molecule has 0 saturated carbocycles. The summed E-state index contributed by atoms with van der Waals surface area (Å²) in [5, 5.41) is 2.18. The molecule has 1 aliphatic heterocycles. The van der Waals surface area contributed by atoms with Gasteiger partial charge in [0.05, 0.1) is 13.2 Å². The highest BCUT2D eigenvalue weighted by atomic mass is 32.2. The predicted octanol–water partition coefficient (Wildman–Crippen LogP) is 4.32. The molecule has 0 aromatic heterocycles. The summed E-state index contributed by atoms with van der Waals surface area (Å²) in [6.45, 7) is 0.823. The number of halogens is 1. The lowest BCUT2D eigenvalue weighted by Crippen LogP contribution is -2.40. The number of nitrogens with one attached hydrogen (secondary N) is 1. The van der Waals surface area contributed by atoms with Gasteiger partial charge in [-0.15, -0.1) is 11.8 Å². The minimum absolute atomic E-state index is 0.155. The molecule has 1 heterocycles. The van der Waals surface area contributed by atoms with Crippen molar-refractivity contribution >= 4 is 33.4 Å². The summed E-state index contributed by atoms with van der Waals surface area (Å²) in [6.07, 6.45) is 0. The number of morpholine rings is 1. The zero-order valence-corrected chi connectivity index (χ0v) is 19.3. The second-order valence-corrected chi connectivity index (χ2v) is 10.5. The van der Waals surface area contributed by atoms with Crippen LogP contribution in [0.25, 0.3) is 0 Å². The van der Waals surface area contributed by atoms with Gasteiger partial charge in [0.25, 0.3) is 0 Å². The Hall–Kier alpha value is -2.72. The van der Waals surface area contributed by atoms with Crippen LogP contribution in [0.2, 0.25) is 0 Å².